The molecular formula is C14H18BrN3O. The molecular weight excluding hydrogens is 306 g/mol. The molecule has 1 heterocycles. The van der Waals surface area contributed by atoms with Crippen LogP contribution in [0.3, 0.4) is 0 Å². The van der Waals surface area contributed by atoms with Gasteiger partial charge in [-0.2, -0.15) is 0 Å². The zero-order chi connectivity index (χ0) is 13.6. The van der Waals surface area contributed by atoms with E-state index in [1.54, 1.807) is 6.20 Å². The molecule has 3 N–H and O–H groups in total. The Hall–Kier alpha value is -0.940. The average molecular weight is 324 g/mol. The molecule has 4 unspecified atom stereocenters. The third-order valence-electron chi connectivity index (χ3n) is 4.57. The Labute approximate surface area is 121 Å². The molecule has 1 aromatic heterocycles. The molecule has 2 saturated carbocycles. The highest BCUT2D eigenvalue weighted by Gasteiger charge is 2.49. The van der Waals surface area contributed by atoms with Crippen molar-refractivity contribution in [2.75, 3.05) is 5.32 Å². The largest absolute Gasteiger partial charge is 0.327 e. The van der Waals surface area contributed by atoms with Crippen molar-refractivity contribution in [1.82, 2.24) is 4.98 Å². The van der Waals surface area contributed by atoms with Crippen LogP contribution in [0.4, 0.5) is 5.82 Å². The zero-order valence-corrected chi connectivity index (χ0v) is 12.5. The van der Waals surface area contributed by atoms with Crippen LogP contribution in [0.1, 0.15) is 24.8 Å². The van der Waals surface area contributed by atoms with Crippen LogP contribution in [0.15, 0.2) is 16.7 Å². The van der Waals surface area contributed by atoms with Gasteiger partial charge in [-0.3, -0.25) is 4.79 Å². The molecule has 0 spiro atoms. The number of hydrogen-bond donors (Lipinski definition) is 2. The molecule has 0 radical (unpaired) electrons. The van der Waals surface area contributed by atoms with Gasteiger partial charge >= 0.3 is 0 Å². The zero-order valence-electron chi connectivity index (χ0n) is 10.9. The van der Waals surface area contributed by atoms with Gasteiger partial charge in [-0.25, -0.2) is 4.98 Å². The van der Waals surface area contributed by atoms with Gasteiger partial charge in [0, 0.05) is 16.7 Å². The van der Waals surface area contributed by atoms with Gasteiger partial charge in [-0.1, -0.05) is 0 Å². The number of carbonyl (C=O) groups excluding carboxylic acids is 1. The monoisotopic (exact) mass is 323 g/mol. The summed E-state index contributed by atoms with van der Waals surface area (Å²) >= 11 is 3.37. The number of anilines is 1. The smallest absolute Gasteiger partial charge is 0.230 e. The SMILES string of the molecule is Cc1cc(Br)cnc1NC(=O)C1C2CCC(C2)C1N. The second-order valence-electron chi connectivity index (χ2n) is 5.74. The number of aromatic nitrogens is 1. The van der Waals surface area contributed by atoms with Gasteiger partial charge in [-0.05, 0) is 65.6 Å². The third-order valence-corrected chi connectivity index (χ3v) is 5.00. The Morgan fingerprint density at radius 3 is 2.84 bits per heavy atom. The molecule has 4 nitrogen and oxygen atoms in total. The molecule has 2 bridgehead atoms. The van der Waals surface area contributed by atoms with Crippen molar-refractivity contribution in [2.45, 2.75) is 32.2 Å². The Bertz CT molecular complexity index is 517. The number of halogens is 1. The average Bonchev–Trinajstić information content (AvgIpc) is 2.93. The van der Waals surface area contributed by atoms with Gasteiger partial charge in [0.25, 0.3) is 0 Å². The minimum atomic E-state index is -0.0383. The van der Waals surface area contributed by atoms with E-state index in [0.717, 1.165) is 22.9 Å². The van der Waals surface area contributed by atoms with E-state index in [9.17, 15) is 4.79 Å². The van der Waals surface area contributed by atoms with E-state index in [4.69, 9.17) is 5.73 Å². The van der Waals surface area contributed by atoms with Crippen molar-refractivity contribution >= 4 is 27.7 Å². The normalized spacial score (nSPS) is 32.6. The lowest BCUT2D eigenvalue weighted by molar-refractivity contribution is -0.121. The summed E-state index contributed by atoms with van der Waals surface area (Å²) in [6.07, 6.45) is 5.14. The van der Waals surface area contributed by atoms with Crippen molar-refractivity contribution in [3.05, 3.63) is 22.3 Å². The van der Waals surface area contributed by atoms with Crippen LogP contribution in [0.5, 0.6) is 0 Å². The number of nitrogens with zero attached hydrogens (tertiary/aromatic N) is 1. The maximum atomic E-state index is 12.4. The molecule has 5 heteroatoms. The van der Waals surface area contributed by atoms with E-state index in [-0.39, 0.29) is 17.9 Å². The first-order valence-corrected chi connectivity index (χ1v) is 7.54. The Morgan fingerprint density at radius 1 is 1.47 bits per heavy atom. The van der Waals surface area contributed by atoms with Gasteiger partial charge < -0.3 is 11.1 Å². The maximum absolute atomic E-state index is 12.4. The molecule has 0 aromatic carbocycles. The first kappa shape index (κ1) is 13.1. The van der Waals surface area contributed by atoms with Gasteiger partial charge in [0.1, 0.15) is 5.82 Å². The van der Waals surface area contributed by atoms with Gasteiger partial charge in [-0.15, -0.1) is 0 Å². The summed E-state index contributed by atoms with van der Waals surface area (Å²) in [6.45, 7) is 1.94. The second-order valence-corrected chi connectivity index (χ2v) is 6.66. The van der Waals surface area contributed by atoms with E-state index in [1.807, 2.05) is 13.0 Å². The van der Waals surface area contributed by atoms with Crippen LogP contribution in [-0.2, 0) is 4.79 Å². The topological polar surface area (TPSA) is 68.0 Å². The Balaban J connectivity index is 1.75. The number of nitrogens with two attached hydrogens (primary N) is 1. The number of rotatable bonds is 2. The van der Waals surface area contributed by atoms with Gasteiger partial charge in [0.05, 0.1) is 5.92 Å². The van der Waals surface area contributed by atoms with E-state index in [0.29, 0.717) is 17.7 Å². The first-order chi connectivity index (χ1) is 9.06. The molecule has 3 rings (SSSR count). The fraction of sp³-hybridized carbons (Fsp3) is 0.571. The van der Waals surface area contributed by atoms with Crippen molar-refractivity contribution < 1.29 is 4.79 Å². The summed E-state index contributed by atoms with van der Waals surface area (Å²) in [4.78, 5) is 16.7. The van der Waals surface area contributed by atoms with E-state index in [1.165, 1.54) is 6.42 Å². The van der Waals surface area contributed by atoms with E-state index >= 15 is 0 Å². The number of aryl methyl sites for hydroxylation is 1. The third kappa shape index (κ3) is 2.30. The predicted octanol–water partition coefficient (Wildman–Crippen LogP) is 2.46. The molecule has 1 amide bonds. The van der Waals surface area contributed by atoms with Crippen LogP contribution in [0.25, 0.3) is 0 Å². The highest BCUT2D eigenvalue weighted by Crippen LogP contribution is 2.47. The van der Waals surface area contributed by atoms with Crippen molar-refractivity contribution in [3.63, 3.8) is 0 Å². The van der Waals surface area contributed by atoms with Crippen LogP contribution in [0.2, 0.25) is 0 Å². The minimum absolute atomic E-state index is 0.0227. The summed E-state index contributed by atoms with van der Waals surface area (Å²) in [7, 11) is 0. The summed E-state index contributed by atoms with van der Waals surface area (Å²) in [5.74, 6) is 1.65. The van der Waals surface area contributed by atoms with E-state index < -0.39 is 0 Å². The highest BCUT2D eigenvalue weighted by atomic mass is 79.9. The predicted molar refractivity (Wildman–Crippen MR) is 77.6 cm³/mol. The first-order valence-electron chi connectivity index (χ1n) is 6.75. The van der Waals surface area contributed by atoms with E-state index in [2.05, 4.69) is 26.2 Å². The Morgan fingerprint density at radius 2 is 2.21 bits per heavy atom. The van der Waals surface area contributed by atoms with Crippen LogP contribution in [-0.4, -0.2) is 16.9 Å². The standard InChI is InChI=1S/C14H18BrN3O/c1-7-4-10(15)6-17-13(7)18-14(19)11-8-2-3-9(5-8)12(11)16/h4,6,8-9,11-12H,2-3,5,16H2,1H3,(H,17,18,19). The maximum Gasteiger partial charge on any atom is 0.230 e. The molecule has 4 atom stereocenters. The fourth-order valence-electron chi connectivity index (χ4n) is 3.60. The van der Waals surface area contributed by atoms with Crippen LogP contribution < -0.4 is 11.1 Å². The molecule has 0 aliphatic heterocycles. The molecule has 1 aromatic rings. The van der Waals surface area contributed by atoms with Gasteiger partial charge in [0.15, 0.2) is 0 Å². The lowest BCUT2D eigenvalue weighted by Crippen LogP contribution is -2.42. The van der Waals surface area contributed by atoms with Crippen molar-refractivity contribution in [2.24, 2.45) is 23.5 Å². The quantitative estimate of drug-likeness (QED) is 0.878. The van der Waals surface area contributed by atoms with Crippen LogP contribution >= 0.6 is 15.9 Å². The number of fused-ring (bicyclic) bond motifs is 2. The molecule has 2 aliphatic rings. The molecule has 102 valence electrons. The second kappa shape index (κ2) is 4.87. The summed E-state index contributed by atoms with van der Waals surface area (Å²) in [5.41, 5.74) is 7.15. The molecule has 19 heavy (non-hydrogen) atoms. The van der Waals surface area contributed by atoms with Crippen molar-refractivity contribution in [3.8, 4) is 0 Å². The summed E-state index contributed by atoms with van der Waals surface area (Å²) in [5, 5.41) is 2.94. The number of nitrogens with one attached hydrogen (secondary N) is 1. The lowest BCUT2D eigenvalue weighted by Gasteiger charge is -2.27. The number of carbonyl (C=O) groups is 1. The summed E-state index contributed by atoms with van der Waals surface area (Å²) < 4.78 is 0.916. The number of hydrogen-bond acceptors (Lipinski definition) is 3. The molecule has 2 fully saturated rings. The molecule has 2 aliphatic carbocycles. The Kier molecular flexibility index (Phi) is 3.35. The van der Waals surface area contributed by atoms with Crippen LogP contribution in [0, 0.1) is 24.7 Å². The molecule has 0 saturated heterocycles. The van der Waals surface area contributed by atoms with Crippen molar-refractivity contribution in [1.29, 1.82) is 0 Å². The summed E-state index contributed by atoms with van der Waals surface area (Å²) in [6, 6.07) is 1.97. The fourth-order valence-corrected chi connectivity index (χ4v) is 4.04. The minimum Gasteiger partial charge on any atom is -0.327 e. The van der Waals surface area contributed by atoms with Gasteiger partial charge in [0.2, 0.25) is 5.91 Å². The highest BCUT2D eigenvalue weighted by molar-refractivity contribution is 9.10. The lowest BCUT2D eigenvalue weighted by atomic mass is 9.84. The number of amides is 1. The number of pyridine rings is 1.